The highest BCUT2D eigenvalue weighted by Crippen LogP contribution is 2.26. The minimum absolute atomic E-state index is 0.103. The van der Waals surface area contributed by atoms with Crippen LogP contribution < -0.4 is 4.74 Å². The molecule has 2 aliphatic heterocycles. The molecule has 11 nitrogen and oxygen atoms in total. The Labute approximate surface area is 223 Å². The van der Waals surface area contributed by atoms with E-state index in [1.54, 1.807) is 30.3 Å². The van der Waals surface area contributed by atoms with Crippen LogP contribution in [0.25, 0.3) is 6.08 Å². The lowest BCUT2D eigenvalue weighted by Gasteiger charge is -2.29. The van der Waals surface area contributed by atoms with E-state index in [1.807, 2.05) is 18.2 Å². The maximum absolute atomic E-state index is 12.4. The van der Waals surface area contributed by atoms with Gasteiger partial charge in [0, 0.05) is 44.3 Å². The zero-order chi connectivity index (χ0) is 28.1. The quantitative estimate of drug-likeness (QED) is 0.332. The van der Waals surface area contributed by atoms with Crippen LogP contribution in [0.2, 0.25) is 5.02 Å². The van der Waals surface area contributed by atoms with E-state index < -0.39 is 35.7 Å². The van der Waals surface area contributed by atoms with Crippen molar-refractivity contribution >= 4 is 53.4 Å². The average Bonchev–Trinajstić information content (AvgIpc) is 2.91. The Morgan fingerprint density at radius 3 is 1.82 bits per heavy atom. The molecule has 198 valence electrons. The summed E-state index contributed by atoms with van der Waals surface area (Å²) in [7, 11) is 5.38. The van der Waals surface area contributed by atoms with E-state index in [0.29, 0.717) is 16.3 Å². The first-order valence-corrected chi connectivity index (χ1v) is 11.7. The number of nitrogens with zero attached hydrogens (tertiary/aromatic N) is 4. The van der Waals surface area contributed by atoms with Gasteiger partial charge in [-0.05, 0) is 18.2 Å². The molecule has 0 bridgehead atoms. The molecule has 2 aromatic carbocycles. The molecule has 8 amide bonds. The summed E-state index contributed by atoms with van der Waals surface area (Å²) in [5, 5.41) is 0.590. The summed E-state index contributed by atoms with van der Waals surface area (Å²) < 4.78 is 5.85. The van der Waals surface area contributed by atoms with Crippen LogP contribution >= 0.6 is 11.6 Å². The molecular formula is C26H25ClN4O7. The molecule has 4 rings (SSSR count). The maximum Gasteiger partial charge on any atom is 0.333 e. The van der Waals surface area contributed by atoms with E-state index in [-0.39, 0.29) is 18.6 Å². The van der Waals surface area contributed by atoms with Gasteiger partial charge in [-0.3, -0.25) is 38.8 Å². The first-order chi connectivity index (χ1) is 17.9. The molecule has 2 fully saturated rings. The van der Waals surface area contributed by atoms with E-state index in [4.69, 9.17) is 16.3 Å². The smallest absolute Gasteiger partial charge is 0.333 e. The third kappa shape index (κ3) is 5.89. The first-order valence-electron chi connectivity index (χ1n) is 11.3. The van der Waals surface area contributed by atoms with Gasteiger partial charge < -0.3 is 4.74 Å². The van der Waals surface area contributed by atoms with Crippen molar-refractivity contribution in [3.05, 3.63) is 70.3 Å². The minimum atomic E-state index is -0.662. The monoisotopic (exact) mass is 540 g/mol. The van der Waals surface area contributed by atoms with Crippen molar-refractivity contribution < 1.29 is 33.5 Å². The molecule has 2 saturated heterocycles. The van der Waals surface area contributed by atoms with Gasteiger partial charge in [0.15, 0.2) is 0 Å². The number of rotatable bonds is 4. The number of para-hydroxylation sites is 1. The number of benzene rings is 2. The van der Waals surface area contributed by atoms with Crippen molar-refractivity contribution in [3.63, 3.8) is 0 Å². The van der Waals surface area contributed by atoms with E-state index in [1.165, 1.54) is 34.3 Å². The van der Waals surface area contributed by atoms with Crippen LogP contribution in [0.15, 0.2) is 54.1 Å². The number of carbonyl (C=O) groups is 6. The van der Waals surface area contributed by atoms with Crippen LogP contribution in [0.1, 0.15) is 17.5 Å². The molecule has 0 aliphatic carbocycles. The third-order valence-corrected chi connectivity index (χ3v) is 6.20. The predicted octanol–water partition coefficient (Wildman–Crippen LogP) is 2.78. The van der Waals surface area contributed by atoms with Crippen molar-refractivity contribution in [2.24, 2.45) is 0 Å². The third-order valence-electron chi connectivity index (χ3n) is 5.83. The molecule has 2 aliphatic rings. The van der Waals surface area contributed by atoms with E-state index in [0.717, 1.165) is 25.2 Å². The van der Waals surface area contributed by atoms with Crippen molar-refractivity contribution in [2.45, 2.75) is 13.0 Å². The Morgan fingerprint density at radius 1 is 0.737 bits per heavy atom. The second-order valence-electron chi connectivity index (χ2n) is 8.35. The van der Waals surface area contributed by atoms with Crippen molar-refractivity contribution in [1.29, 1.82) is 0 Å². The van der Waals surface area contributed by atoms with Gasteiger partial charge in [0.05, 0.1) is 0 Å². The number of ether oxygens (including phenoxy) is 1. The lowest BCUT2D eigenvalue weighted by molar-refractivity contribution is -0.141. The van der Waals surface area contributed by atoms with Gasteiger partial charge >= 0.3 is 12.1 Å². The van der Waals surface area contributed by atoms with Crippen LogP contribution in [-0.4, -0.2) is 83.5 Å². The molecule has 0 spiro atoms. The zero-order valence-corrected chi connectivity index (χ0v) is 21.9. The van der Waals surface area contributed by atoms with Gasteiger partial charge in [0.2, 0.25) is 11.8 Å². The highest BCUT2D eigenvalue weighted by atomic mass is 35.5. The molecule has 0 atom stereocenters. The Kier molecular flexibility index (Phi) is 8.64. The van der Waals surface area contributed by atoms with Crippen molar-refractivity contribution in [2.75, 3.05) is 28.2 Å². The highest BCUT2D eigenvalue weighted by molar-refractivity contribution is 6.31. The number of halogens is 1. The van der Waals surface area contributed by atoms with Crippen LogP contribution in [0.4, 0.5) is 9.59 Å². The van der Waals surface area contributed by atoms with Gasteiger partial charge in [-0.1, -0.05) is 48.0 Å². The number of urea groups is 2. The second-order valence-corrected chi connectivity index (χ2v) is 8.76. The van der Waals surface area contributed by atoms with E-state index >= 15 is 0 Å². The Bertz CT molecular complexity index is 1310. The SMILES string of the molecule is CN1C(=O)C(=Cc2ccccc2OCc2ccccc2Cl)C(=O)N(C)C1=O.CN1C(=O)CC(=O)N(C)C1=O. The lowest BCUT2D eigenvalue weighted by Crippen LogP contribution is -2.52. The number of hydrogen-bond acceptors (Lipinski definition) is 7. The fourth-order valence-corrected chi connectivity index (χ4v) is 3.63. The topological polar surface area (TPSA) is 125 Å². The fraction of sp³-hybridized carbons (Fsp3) is 0.231. The van der Waals surface area contributed by atoms with E-state index in [9.17, 15) is 28.8 Å². The number of hydrogen-bond donors (Lipinski definition) is 0. The van der Waals surface area contributed by atoms with Crippen LogP contribution in [-0.2, 0) is 25.8 Å². The number of carbonyl (C=O) groups excluding carboxylic acids is 6. The molecule has 0 radical (unpaired) electrons. The number of barbiturate groups is 2. The van der Waals surface area contributed by atoms with Gasteiger partial charge in [0.25, 0.3) is 11.8 Å². The van der Waals surface area contributed by atoms with Crippen LogP contribution in [0.5, 0.6) is 5.75 Å². The molecule has 0 saturated carbocycles. The molecule has 2 aromatic rings. The number of amides is 8. The summed E-state index contributed by atoms with van der Waals surface area (Å²) >= 11 is 6.15. The predicted molar refractivity (Wildman–Crippen MR) is 137 cm³/mol. The van der Waals surface area contributed by atoms with Crippen LogP contribution in [0.3, 0.4) is 0 Å². The number of likely N-dealkylation sites (N-methyl/N-ethyl adjacent to an activating group) is 2. The first kappa shape index (κ1) is 28.1. The summed E-state index contributed by atoms with van der Waals surface area (Å²) in [4.78, 5) is 72.8. The Balaban J connectivity index is 0.000000304. The zero-order valence-electron chi connectivity index (χ0n) is 21.1. The normalized spacial score (nSPS) is 16.1. The van der Waals surface area contributed by atoms with Gasteiger partial charge in [0.1, 0.15) is 24.4 Å². The van der Waals surface area contributed by atoms with E-state index in [2.05, 4.69) is 0 Å². The van der Waals surface area contributed by atoms with Crippen molar-refractivity contribution in [1.82, 2.24) is 19.6 Å². The highest BCUT2D eigenvalue weighted by Gasteiger charge is 2.38. The van der Waals surface area contributed by atoms with Gasteiger partial charge in [-0.2, -0.15) is 0 Å². The molecule has 2 heterocycles. The maximum atomic E-state index is 12.4. The summed E-state index contributed by atoms with van der Waals surface area (Å²) in [6, 6.07) is 13.1. The molecular weight excluding hydrogens is 516 g/mol. The molecule has 0 aromatic heterocycles. The standard InChI is InChI=1S/C20H17ClN2O4.C6H8N2O3/c1-22-18(24)15(19(25)23(2)20(22)26)11-13-7-4-6-10-17(13)27-12-14-8-3-5-9-16(14)21;1-7-4(9)3-5(10)8(2)6(7)11/h3-11H,12H2,1-2H3;3H2,1-2H3. The molecule has 0 N–H and O–H groups in total. The minimum Gasteiger partial charge on any atom is -0.488 e. The molecule has 38 heavy (non-hydrogen) atoms. The van der Waals surface area contributed by atoms with Gasteiger partial charge in [-0.15, -0.1) is 0 Å². The summed E-state index contributed by atoms with van der Waals surface area (Å²) in [5.41, 5.74) is 1.27. The second kappa shape index (κ2) is 11.7. The van der Waals surface area contributed by atoms with Crippen LogP contribution in [0, 0.1) is 0 Å². The largest absolute Gasteiger partial charge is 0.488 e. The lowest BCUT2D eigenvalue weighted by atomic mass is 10.1. The Hall–Kier alpha value is -4.51. The summed E-state index contributed by atoms with van der Waals surface area (Å²) in [6.45, 7) is 0.236. The average molecular weight is 541 g/mol. The summed E-state index contributed by atoms with van der Waals surface area (Å²) in [6.07, 6.45) is 1.23. The fourth-order valence-electron chi connectivity index (χ4n) is 3.44. The number of imide groups is 4. The summed E-state index contributed by atoms with van der Waals surface area (Å²) in [5.74, 6) is -1.70. The molecule has 0 unspecified atom stereocenters. The van der Waals surface area contributed by atoms with Gasteiger partial charge in [-0.25, -0.2) is 9.59 Å². The Morgan fingerprint density at radius 2 is 1.24 bits per heavy atom. The van der Waals surface area contributed by atoms with Crippen molar-refractivity contribution in [3.8, 4) is 5.75 Å². The molecule has 12 heteroatoms.